The summed E-state index contributed by atoms with van der Waals surface area (Å²) in [7, 11) is 1.09. The number of aliphatic hydroxyl groups excluding tert-OH is 1. The van der Waals surface area contributed by atoms with Crippen LogP contribution in [0.5, 0.6) is 0 Å². The second-order valence-electron chi connectivity index (χ2n) is 15.9. The Bertz CT molecular complexity index is 1300. The van der Waals surface area contributed by atoms with Crippen LogP contribution in [0.15, 0.2) is 85.1 Å². The molecule has 0 spiro atoms. The number of phosphoric ester groups is 1. The first kappa shape index (κ1) is 56.1. The summed E-state index contributed by atoms with van der Waals surface area (Å²) in [5.74, 6) is -0.966. The highest BCUT2D eigenvalue weighted by molar-refractivity contribution is 7.45. The van der Waals surface area contributed by atoms with Crippen LogP contribution < -0.4 is 4.89 Å². The molecular weight excluding hydrogens is 765 g/mol. The zero-order chi connectivity index (χ0) is 43.7. The normalized spacial score (nSPS) is 14.9. The van der Waals surface area contributed by atoms with Gasteiger partial charge in [0.2, 0.25) is 0 Å². The molecule has 0 rings (SSSR count). The molecule has 0 aliphatic carbocycles. The third-order valence-electron chi connectivity index (χ3n) is 8.99. The smallest absolute Gasteiger partial charge is 0.306 e. The second-order valence-corrected chi connectivity index (χ2v) is 17.3. The van der Waals surface area contributed by atoms with Crippen LogP contribution in [0.4, 0.5) is 0 Å². The number of likely N-dealkylation sites (N-methyl/N-ethyl adjacent to an activating group) is 1. The summed E-state index contributed by atoms with van der Waals surface area (Å²) < 4.78 is 33.8. The fraction of sp³-hybridized carbons (Fsp3) is 0.667. The summed E-state index contributed by atoms with van der Waals surface area (Å²) >= 11 is 0. The summed E-state index contributed by atoms with van der Waals surface area (Å²) in [6.45, 7) is 3.88. The van der Waals surface area contributed by atoms with Crippen molar-refractivity contribution < 1.29 is 47.2 Å². The van der Waals surface area contributed by atoms with E-state index in [2.05, 4.69) is 50.3 Å². The molecule has 0 bridgehead atoms. The number of aliphatic hydroxyl groups is 1. The predicted octanol–water partition coefficient (Wildman–Crippen LogP) is 11.1. The van der Waals surface area contributed by atoms with Gasteiger partial charge in [-0.05, 0) is 70.6 Å². The van der Waals surface area contributed by atoms with Crippen molar-refractivity contribution in [2.24, 2.45) is 0 Å². The number of unbranched alkanes of at least 4 members (excludes halogenated alkanes) is 11. The van der Waals surface area contributed by atoms with Crippen molar-refractivity contribution in [3.8, 4) is 0 Å². The van der Waals surface area contributed by atoms with Gasteiger partial charge in [0.1, 0.15) is 19.8 Å². The molecule has 338 valence electrons. The lowest BCUT2D eigenvalue weighted by Crippen LogP contribution is -2.37. The van der Waals surface area contributed by atoms with E-state index in [4.69, 9.17) is 18.5 Å². The molecule has 0 fully saturated rings. The highest BCUT2D eigenvalue weighted by Crippen LogP contribution is 2.38. The topological polar surface area (TPSA) is 131 Å². The average Bonchev–Trinajstić information content (AvgIpc) is 3.18. The predicted molar refractivity (Wildman–Crippen MR) is 242 cm³/mol. The van der Waals surface area contributed by atoms with E-state index in [1.54, 1.807) is 6.08 Å². The van der Waals surface area contributed by atoms with Gasteiger partial charge in [-0.15, -0.1) is 0 Å². The van der Waals surface area contributed by atoms with Crippen molar-refractivity contribution >= 4 is 19.8 Å². The van der Waals surface area contributed by atoms with Crippen molar-refractivity contribution in [1.82, 2.24) is 0 Å². The summed E-state index contributed by atoms with van der Waals surface area (Å²) in [4.78, 5) is 37.5. The zero-order valence-corrected chi connectivity index (χ0v) is 38.4. The van der Waals surface area contributed by atoms with Gasteiger partial charge in [0.25, 0.3) is 7.82 Å². The van der Waals surface area contributed by atoms with Gasteiger partial charge in [0.05, 0.1) is 33.9 Å². The molecule has 0 radical (unpaired) electrons. The van der Waals surface area contributed by atoms with Crippen molar-refractivity contribution in [3.05, 3.63) is 85.1 Å². The molecule has 0 heterocycles. The lowest BCUT2D eigenvalue weighted by molar-refractivity contribution is -0.870. The molecule has 10 nitrogen and oxygen atoms in total. The highest BCUT2D eigenvalue weighted by Gasteiger charge is 2.21. The number of rotatable bonds is 39. The molecule has 0 saturated carbocycles. The van der Waals surface area contributed by atoms with E-state index in [1.807, 2.05) is 63.7 Å². The van der Waals surface area contributed by atoms with Crippen molar-refractivity contribution in [2.75, 3.05) is 47.5 Å². The third kappa shape index (κ3) is 43.1. The summed E-state index contributed by atoms with van der Waals surface area (Å²) in [5, 5.41) is 9.84. The van der Waals surface area contributed by atoms with Gasteiger partial charge < -0.3 is 33.0 Å². The van der Waals surface area contributed by atoms with Crippen LogP contribution in [0.25, 0.3) is 0 Å². The highest BCUT2D eigenvalue weighted by atomic mass is 31.2. The fourth-order valence-electron chi connectivity index (χ4n) is 5.46. The largest absolute Gasteiger partial charge is 0.756 e. The quantitative estimate of drug-likeness (QED) is 0.0160. The molecule has 2 unspecified atom stereocenters. The third-order valence-corrected chi connectivity index (χ3v) is 9.96. The maximum atomic E-state index is 12.7. The van der Waals surface area contributed by atoms with E-state index in [0.717, 1.165) is 51.4 Å². The minimum Gasteiger partial charge on any atom is -0.756 e. The van der Waals surface area contributed by atoms with Crippen LogP contribution in [-0.4, -0.2) is 81.2 Å². The Balaban J connectivity index is 4.52. The van der Waals surface area contributed by atoms with E-state index in [-0.39, 0.29) is 26.1 Å². The molecule has 0 aliphatic rings. The van der Waals surface area contributed by atoms with Crippen molar-refractivity contribution in [1.29, 1.82) is 0 Å². The minimum absolute atomic E-state index is 0.0536. The Morgan fingerprint density at radius 1 is 0.644 bits per heavy atom. The molecule has 11 heteroatoms. The molecular formula is C48H82NO9P. The molecule has 0 aliphatic heterocycles. The van der Waals surface area contributed by atoms with Gasteiger partial charge >= 0.3 is 11.9 Å². The van der Waals surface area contributed by atoms with Crippen LogP contribution in [0.1, 0.15) is 149 Å². The van der Waals surface area contributed by atoms with E-state index in [9.17, 15) is 24.2 Å². The van der Waals surface area contributed by atoms with Crippen LogP contribution in [0, 0.1) is 0 Å². The number of quaternary nitrogens is 1. The Morgan fingerprint density at radius 2 is 1.22 bits per heavy atom. The van der Waals surface area contributed by atoms with Gasteiger partial charge in [-0.2, -0.15) is 0 Å². The first-order valence-electron chi connectivity index (χ1n) is 22.4. The van der Waals surface area contributed by atoms with Crippen LogP contribution in [0.2, 0.25) is 0 Å². The summed E-state index contributed by atoms with van der Waals surface area (Å²) in [6.07, 6.45) is 46.7. The monoisotopic (exact) mass is 848 g/mol. The van der Waals surface area contributed by atoms with Crippen LogP contribution >= 0.6 is 7.82 Å². The van der Waals surface area contributed by atoms with Gasteiger partial charge in [-0.1, -0.05) is 150 Å². The number of carbonyl (C=O) groups excluding carboxylic acids is 2. The first-order chi connectivity index (χ1) is 28.4. The molecule has 1 N–H and O–H groups in total. The first-order valence-corrected chi connectivity index (χ1v) is 23.9. The van der Waals surface area contributed by atoms with Gasteiger partial charge in [0, 0.05) is 12.8 Å². The Morgan fingerprint density at radius 3 is 1.85 bits per heavy atom. The second kappa shape index (κ2) is 39.3. The number of hydrogen-bond donors (Lipinski definition) is 1. The van der Waals surface area contributed by atoms with E-state index in [0.29, 0.717) is 30.3 Å². The molecule has 0 aromatic heterocycles. The standard InChI is InChI=1S/C48H82NO9P/c1-6-8-10-11-12-13-14-15-16-19-23-26-29-32-36-40-48(52)58-46(44-57-59(53,54)56-42-41-49(3,4)5)43-55-47(51)39-35-31-28-25-22-20-17-18-21-24-27-30-34-38-45(50)37-33-9-7-2/h9,13-14,18,20-22,27-28,30-31,33-34,38,45-46,50H,6-8,10-12,15-17,19,23-26,29,32,35-37,39-44H2,1-5H3/b14-13-,21-18-,22-20-,30-27+,31-28-,33-9-,38-34+/t45?,46-/m1/s1. The lowest BCUT2D eigenvalue weighted by Gasteiger charge is -2.28. The maximum Gasteiger partial charge on any atom is 0.306 e. The zero-order valence-electron chi connectivity index (χ0n) is 37.5. The Labute approximate surface area is 359 Å². The average molecular weight is 848 g/mol. The van der Waals surface area contributed by atoms with Crippen LogP contribution in [0.3, 0.4) is 0 Å². The number of hydrogen-bond acceptors (Lipinski definition) is 9. The number of carbonyl (C=O) groups is 2. The van der Waals surface area contributed by atoms with Gasteiger partial charge in [0.15, 0.2) is 6.10 Å². The summed E-state index contributed by atoms with van der Waals surface area (Å²) in [6, 6.07) is 0. The fourth-order valence-corrected chi connectivity index (χ4v) is 6.19. The van der Waals surface area contributed by atoms with E-state index < -0.39 is 38.6 Å². The SMILES string of the molecule is CC/C=C\CC(O)/C=C/C=C/C/C=C\C/C=C\C/C=C\CCC(=O)OC[C@H](COP(=O)([O-])OCC[N+](C)(C)C)OC(=O)CCCCCCCCC/C=C\CCCCCC. The van der Waals surface area contributed by atoms with E-state index in [1.165, 1.54) is 51.4 Å². The van der Waals surface area contributed by atoms with E-state index >= 15 is 0 Å². The minimum atomic E-state index is -4.66. The summed E-state index contributed by atoms with van der Waals surface area (Å²) in [5.41, 5.74) is 0. The molecule has 0 amide bonds. The number of nitrogens with zero attached hydrogens (tertiary/aromatic N) is 1. The van der Waals surface area contributed by atoms with Crippen LogP contribution in [-0.2, 0) is 32.7 Å². The Hall–Kier alpha value is -2.85. The molecule has 0 aromatic rings. The van der Waals surface area contributed by atoms with Gasteiger partial charge in [-0.3, -0.25) is 14.2 Å². The van der Waals surface area contributed by atoms with Crippen molar-refractivity contribution in [3.63, 3.8) is 0 Å². The maximum absolute atomic E-state index is 12.7. The molecule has 59 heavy (non-hydrogen) atoms. The van der Waals surface area contributed by atoms with Gasteiger partial charge in [-0.25, -0.2) is 0 Å². The number of ether oxygens (including phenoxy) is 2. The van der Waals surface area contributed by atoms with Crippen molar-refractivity contribution in [2.45, 2.75) is 161 Å². The molecule has 0 saturated heterocycles. The molecule has 3 atom stereocenters. The number of esters is 2. The lowest BCUT2D eigenvalue weighted by atomic mass is 10.1. The molecule has 0 aromatic carbocycles. The number of phosphoric acid groups is 1. The Kier molecular flexibility index (Phi) is 37.4. The number of allylic oxidation sites excluding steroid dienone is 12.